The second-order valence-corrected chi connectivity index (χ2v) is 2.74. The minimum absolute atomic E-state index is 0.260. The zero-order valence-corrected chi connectivity index (χ0v) is 8.80. The second-order valence-electron chi connectivity index (χ2n) is 2.74. The quantitative estimate of drug-likeness (QED) is 0.357. The highest BCUT2D eigenvalue weighted by molar-refractivity contribution is 5.77. The standard InChI is InChI=1S/C9H16N2O4/c1-3-14-9(13)7(10)4-5-8(11)15-6(2)12/h4-5,7-8H,3,10-11H2,1-2H3/b5-4-. The van der Waals surface area contributed by atoms with Crippen molar-refractivity contribution < 1.29 is 19.1 Å². The Balaban J connectivity index is 4.03. The van der Waals surface area contributed by atoms with E-state index in [-0.39, 0.29) is 6.61 Å². The Labute approximate surface area is 88.2 Å². The first-order chi connectivity index (χ1) is 6.97. The number of carbonyl (C=O) groups is 2. The summed E-state index contributed by atoms with van der Waals surface area (Å²) in [5.74, 6) is -1.05. The lowest BCUT2D eigenvalue weighted by atomic mass is 10.3. The summed E-state index contributed by atoms with van der Waals surface area (Å²) in [6, 6.07) is -0.897. The van der Waals surface area contributed by atoms with E-state index in [9.17, 15) is 9.59 Å². The molecule has 0 aliphatic carbocycles. The van der Waals surface area contributed by atoms with E-state index in [1.165, 1.54) is 19.1 Å². The van der Waals surface area contributed by atoms with E-state index in [4.69, 9.17) is 11.5 Å². The molecule has 15 heavy (non-hydrogen) atoms. The molecule has 0 amide bonds. The van der Waals surface area contributed by atoms with Crippen molar-refractivity contribution in [2.75, 3.05) is 6.61 Å². The zero-order chi connectivity index (χ0) is 11.8. The molecule has 0 radical (unpaired) electrons. The minimum atomic E-state index is -0.900. The third-order valence-electron chi connectivity index (χ3n) is 1.37. The van der Waals surface area contributed by atoms with Crippen LogP contribution in [0, 0.1) is 0 Å². The fourth-order valence-electron chi connectivity index (χ4n) is 0.777. The molecule has 0 saturated carbocycles. The van der Waals surface area contributed by atoms with Crippen LogP contribution < -0.4 is 11.5 Å². The molecule has 0 aromatic rings. The summed E-state index contributed by atoms with van der Waals surface area (Å²) in [5, 5.41) is 0. The Morgan fingerprint density at radius 3 is 2.40 bits per heavy atom. The van der Waals surface area contributed by atoms with E-state index in [1.54, 1.807) is 6.92 Å². The topological polar surface area (TPSA) is 105 Å². The Morgan fingerprint density at radius 1 is 1.33 bits per heavy atom. The van der Waals surface area contributed by atoms with E-state index in [0.717, 1.165) is 0 Å². The largest absolute Gasteiger partial charge is 0.465 e. The monoisotopic (exact) mass is 216 g/mol. The molecule has 2 unspecified atom stereocenters. The summed E-state index contributed by atoms with van der Waals surface area (Å²) in [5.41, 5.74) is 10.8. The average Bonchev–Trinajstić information content (AvgIpc) is 2.13. The lowest BCUT2D eigenvalue weighted by Crippen LogP contribution is -2.31. The van der Waals surface area contributed by atoms with Gasteiger partial charge in [-0.2, -0.15) is 0 Å². The second kappa shape index (κ2) is 6.97. The van der Waals surface area contributed by atoms with Crippen LogP contribution in [0.15, 0.2) is 12.2 Å². The normalized spacial score (nSPS) is 14.7. The lowest BCUT2D eigenvalue weighted by Gasteiger charge is -2.08. The van der Waals surface area contributed by atoms with Gasteiger partial charge in [-0.05, 0) is 13.0 Å². The molecule has 0 bridgehead atoms. The Morgan fingerprint density at radius 2 is 1.93 bits per heavy atom. The SMILES string of the molecule is CCOC(=O)C(N)/C=C\C(N)OC(C)=O. The first-order valence-electron chi connectivity index (χ1n) is 4.50. The van der Waals surface area contributed by atoms with Crippen molar-refractivity contribution in [2.24, 2.45) is 11.5 Å². The van der Waals surface area contributed by atoms with Gasteiger partial charge in [-0.25, -0.2) is 0 Å². The summed E-state index contributed by atoms with van der Waals surface area (Å²) in [7, 11) is 0. The molecule has 0 aliphatic rings. The van der Waals surface area contributed by atoms with Crippen LogP contribution in [0.5, 0.6) is 0 Å². The van der Waals surface area contributed by atoms with Gasteiger partial charge in [0.1, 0.15) is 6.04 Å². The maximum atomic E-state index is 11.0. The van der Waals surface area contributed by atoms with Crippen LogP contribution in [-0.4, -0.2) is 30.8 Å². The molecule has 4 N–H and O–H groups in total. The van der Waals surface area contributed by atoms with Crippen LogP contribution in [0.2, 0.25) is 0 Å². The first-order valence-corrected chi connectivity index (χ1v) is 4.50. The maximum Gasteiger partial charge on any atom is 0.326 e. The van der Waals surface area contributed by atoms with Crippen molar-refractivity contribution >= 4 is 11.9 Å². The maximum absolute atomic E-state index is 11.0. The van der Waals surface area contributed by atoms with Gasteiger partial charge < -0.3 is 15.2 Å². The summed E-state index contributed by atoms with van der Waals surface area (Å²) in [4.78, 5) is 21.5. The van der Waals surface area contributed by atoms with Crippen LogP contribution in [0.25, 0.3) is 0 Å². The number of rotatable bonds is 5. The van der Waals surface area contributed by atoms with Crippen molar-refractivity contribution in [3.63, 3.8) is 0 Å². The summed E-state index contributed by atoms with van der Waals surface area (Å²) in [6.45, 7) is 3.17. The van der Waals surface area contributed by atoms with Gasteiger partial charge in [0.2, 0.25) is 0 Å². The highest BCUT2D eigenvalue weighted by Gasteiger charge is 2.11. The van der Waals surface area contributed by atoms with Gasteiger partial charge in [-0.3, -0.25) is 15.3 Å². The number of carbonyl (C=O) groups excluding carboxylic acids is 2. The molecule has 0 rings (SSSR count). The van der Waals surface area contributed by atoms with Crippen LogP contribution in [0.4, 0.5) is 0 Å². The van der Waals surface area contributed by atoms with E-state index < -0.39 is 24.2 Å². The summed E-state index contributed by atoms with van der Waals surface area (Å²) in [6.07, 6.45) is 1.75. The van der Waals surface area contributed by atoms with Gasteiger partial charge in [-0.15, -0.1) is 0 Å². The van der Waals surface area contributed by atoms with E-state index in [2.05, 4.69) is 9.47 Å². The molecule has 0 heterocycles. The molecular weight excluding hydrogens is 200 g/mol. The van der Waals surface area contributed by atoms with Crippen LogP contribution >= 0.6 is 0 Å². The third-order valence-corrected chi connectivity index (χ3v) is 1.37. The smallest absolute Gasteiger partial charge is 0.326 e. The number of ether oxygens (including phenoxy) is 2. The number of hydrogen-bond acceptors (Lipinski definition) is 6. The first kappa shape index (κ1) is 13.6. The Kier molecular flexibility index (Phi) is 6.32. The predicted molar refractivity (Wildman–Crippen MR) is 53.5 cm³/mol. The molecule has 0 aliphatic heterocycles. The molecular formula is C9H16N2O4. The highest BCUT2D eigenvalue weighted by atomic mass is 16.6. The third kappa shape index (κ3) is 6.64. The molecule has 0 saturated heterocycles. The number of esters is 2. The minimum Gasteiger partial charge on any atom is -0.465 e. The highest BCUT2D eigenvalue weighted by Crippen LogP contribution is 1.92. The van der Waals surface area contributed by atoms with Gasteiger partial charge >= 0.3 is 11.9 Å². The van der Waals surface area contributed by atoms with Gasteiger partial charge in [0.05, 0.1) is 6.61 Å². The Bertz CT molecular complexity index is 252. The number of hydrogen-bond donors (Lipinski definition) is 2. The molecule has 6 heteroatoms. The molecule has 0 fully saturated rings. The fraction of sp³-hybridized carbons (Fsp3) is 0.556. The van der Waals surface area contributed by atoms with Crippen LogP contribution in [-0.2, 0) is 19.1 Å². The Hall–Kier alpha value is -1.40. The van der Waals surface area contributed by atoms with E-state index >= 15 is 0 Å². The molecule has 0 aromatic heterocycles. The lowest BCUT2D eigenvalue weighted by molar-refractivity contribution is -0.144. The van der Waals surface area contributed by atoms with Crippen molar-refractivity contribution in [1.82, 2.24) is 0 Å². The molecule has 0 aromatic carbocycles. The van der Waals surface area contributed by atoms with Crippen molar-refractivity contribution in [2.45, 2.75) is 26.1 Å². The van der Waals surface area contributed by atoms with E-state index in [0.29, 0.717) is 0 Å². The molecule has 0 spiro atoms. The summed E-state index contributed by atoms with van der Waals surface area (Å²) < 4.78 is 9.24. The molecule has 86 valence electrons. The van der Waals surface area contributed by atoms with E-state index in [1.807, 2.05) is 0 Å². The van der Waals surface area contributed by atoms with Gasteiger partial charge in [-0.1, -0.05) is 6.08 Å². The van der Waals surface area contributed by atoms with Crippen molar-refractivity contribution in [1.29, 1.82) is 0 Å². The van der Waals surface area contributed by atoms with Crippen LogP contribution in [0.3, 0.4) is 0 Å². The van der Waals surface area contributed by atoms with Crippen molar-refractivity contribution in [3.8, 4) is 0 Å². The average molecular weight is 216 g/mol. The predicted octanol–water partition coefficient (Wildman–Crippen LogP) is -0.719. The van der Waals surface area contributed by atoms with Crippen LogP contribution in [0.1, 0.15) is 13.8 Å². The van der Waals surface area contributed by atoms with Gasteiger partial charge in [0, 0.05) is 6.92 Å². The van der Waals surface area contributed by atoms with Gasteiger partial charge in [0.15, 0.2) is 6.23 Å². The van der Waals surface area contributed by atoms with Gasteiger partial charge in [0.25, 0.3) is 0 Å². The fourth-order valence-corrected chi connectivity index (χ4v) is 0.777. The molecule has 2 atom stereocenters. The molecule has 6 nitrogen and oxygen atoms in total. The van der Waals surface area contributed by atoms with Crippen molar-refractivity contribution in [3.05, 3.63) is 12.2 Å². The number of nitrogens with two attached hydrogens (primary N) is 2. The summed E-state index contributed by atoms with van der Waals surface area (Å²) >= 11 is 0. The zero-order valence-electron chi connectivity index (χ0n) is 8.80.